The minimum Gasteiger partial charge on any atom is -0.362 e. The first-order valence-corrected chi connectivity index (χ1v) is 5.28. The number of hydrogen-bond acceptors (Lipinski definition) is 4. The Morgan fingerprint density at radius 3 is 2.00 bits per heavy atom. The molecule has 1 unspecified atom stereocenters. The van der Waals surface area contributed by atoms with Crippen molar-refractivity contribution in [2.75, 3.05) is 13.2 Å². The topological polar surface area (TPSA) is 67.4 Å². The van der Waals surface area contributed by atoms with E-state index in [1.54, 1.807) is 6.92 Å². The van der Waals surface area contributed by atoms with Gasteiger partial charge in [0, 0.05) is 6.04 Å². The van der Waals surface area contributed by atoms with Gasteiger partial charge in [-0.1, -0.05) is 0 Å². The average molecular weight is 234 g/mol. The highest BCUT2D eigenvalue weighted by Crippen LogP contribution is 1.86. The van der Waals surface area contributed by atoms with Crippen molar-refractivity contribution in [3.63, 3.8) is 0 Å². The maximum absolute atomic E-state index is 11.1. The number of carbonyl (C=O) groups is 2. The zero-order valence-corrected chi connectivity index (χ0v) is 10.1. The number of hydrogen-bond donors (Lipinski definition) is 3. The summed E-state index contributed by atoms with van der Waals surface area (Å²) in [5.74, 6) is -0.508. The van der Waals surface area contributed by atoms with E-state index in [-0.39, 0.29) is 36.4 Å². The van der Waals surface area contributed by atoms with Crippen LogP contribution in [0, 0.1) is 0 Å². The molecular weight excluding hydrogens is 216 g/mol. The maximum atomic E-state index is 11.1. The molecule has 0 heterocycles. The van der Waals surface area contributed by atoms with E-state index >= 15 is 0 Å². The molecule has 0 saturated carbocycles. The molecule has 5 nitrogen and oxygen atoms in total. The van der Waals surface area contributed by atoms with E-state index in [0.29, 0.717) is 0 Å². The van der Waals surface area contributed by atoms with E-state index in [1.165, 1.54) is 0 Å². The summed E-state index contributed by atoms with van der Waals surface area (Å²) in [6, 6.07) is 0.0763. The number of carbonyl (C=O) groups excluding carboxylic acids is 2. The van der Waals surface area contributed by atoms with Gasteiger partial charge < -0.3 is 15.4 Å². The molecule has 0 aromatic carbocycles. The van der Waals surface area contributed by atoms with Crippen molar-refractivity contribution in [3.8, 4) is 0 Å². The van der Waals surface area contributed by atoms with Gasteiger partial charge in [0.15, 0.2) is 0 Å². The van der Waals surface area contributed by atoms with Crippen LogP contribution in [0.25, 0.3) is 0 Å². The lowest BCUT2D eigenvalue weighted by molar-refractivity contribution is -0.131. The molecule has 0 aromatic heterocycles. The smallest absolute Gasteiger partial charge is 0.246 e. The zero-order chi connectivity index (χ0) is 11.8. The maximum Gasteiger partial charge on any atom is 0.246 e. The highest BCUT2D eigenvalue weighted by Gasteiger charge is 2.06. The second-order valence-electron chi connectivity index (χ2n) is 3.46. The van der Waals surface area contributed by atoms with Gasteiger partial charge in [0.1, 0.15) is 13.2 Å². The second-order valence-corrected chi connectivity index (χ2v) is 4.23. The van der Waals surface area contributed by atoms with Gasteiger partial charge in [-0.15, -0.1) is 0 Å². The fourth-order valence-electron chi connectivity index (χ4n) is 0.875. The van der Waals surface area contributed by atoms with Gasteiger partial charge >= 0.3 is 0 Å². The standard InChI is InChI=1S/C9H18N2O3S/c1-6(2)10-8(12)4-14-5-9(13)11-7(3)15/h6-7,15H,4-5H2,1-3H3,(H,10,12)(H,11,13). The molecule has 0 rings (SSSR count). The van der Waals surface area contributed by atoms with Crippen LogP contribution in [0.4, 0.5) is 0 Å². The number of thiol groups is 1. The van der Waals surface area contributed by atoms with Gasteiger partial charge in [-0.3, -0.25) is 9.59 Å². The highest BCUT2D eigenvalue weighted by molar-refractivity contribution is 7.80. The fourth-order valence-corrected chi connectivity index (χ4v) is 1.02. The average Bonchev–Trinajstić information content (AvgIpc) is 2.00. The molecule has 0 radical (unpaired) electrons. The Morgan fingerprint density at radius 1 is 1.13 bits per heavy atom. The van der Waals surface area contributed by atoms with Crippen molar-refractivity contribution in [1.29, 1.82) is 0 Å². The van der Waals surface area contributed by atoms with Gasteiger partial charge in [0.05, 0.1) is 5.37 Å². The number of nitrogens with one attached hydrogen (secondary N) is 2. The van der Waals surface area contributed by atoms with Crippen LogP contribution in [0.1, 0.15) is 20.8 Å². The molecule has 0 fully saturated rings. The number of amides is 2. The van der Waals surface area contributed by atoms with Crippen molar-refractivity contribution in [3.05, 3.63) is 0 Å². The van der Waals surface area contributed by atoms with Gasteiger partial charge in [-0.2, -0.15) is 12.6 Å². The molecule has 2 amide bonds. The van der Waals surface area contributed by atoms with E-state index in [1.807, 2.05) is 13.8 Å². The van der Waals surface area contributed by atoms with E-state index in [2.05, 4.69) is 23.3 Å². The zero-order valence-electron chi connectivity index (χ0n) is 9.24. The molecule has 0 spiro atoms. The van der Waals surface area contributed by atoms with Crippen LogP contribution in [0.15, 0.2) is 0 Å². The summed E-state index contributed by atoms with van der Waals surface area (Å²) >= 11 is 3.98. The van der Waals surface area contributed by atoms with Crippen molar-refractivity contribution in [2.45, 2.75) is 32.2 Å². The molecule has 2 N–H and O–H groups in total. The quantitative estimate of drug-likeness (QED) is 0.445. The molecule has 0 aliphatic rings. The van der Waals surface area contributed by atoms with Crippen LogP contribution in [0.2, 0.25) is 0 Å². The molecule has 15 heavy (non-hydrogen) atoms. The first-order valence-electron chi connectivity index (χ1n) is 4.76. The van der Waals surface area contributed by atoms with Crippen LogP contribution >= 0.6 is 12.6 Å². The number of ether oxygens (including phenoxy) is 1. The van der Waals surface area contributed by atoms with Crippen LogP contribution in [-0.4, -0.2) is 36.4 Å². The summed E-state index contributed by atoms with van der Waals surface area (Å²) < 4.78 is 4.90. The second kappa shape index (κ2) is 7.53. The first kappa shape index (κ1) is 14.2. The normalized spacial score (nSPS) is 12.3. The summed E-state index contributed by atoms with van der Waals surface area (Å²) in [5.41, 5.74) is 0. The van der Waals surface area contributed by atoms with Crippen molar-refractivity contribution < 1.29 is 14.3 Å². The van der Waals surface area contributed by atoms with E-state index < -0.39 is 0 Å². The van der Waals surface area contributed by atoms with Gasteiger partial charge in [0.2, 0.25) is 11.8 Å². The molecule has 0 bridgehead atoms. The molecule has 1 atom stereocenters. The van der Waals surface area contributed by atoms with E-state index in [4.69, 9.17) is 4.74 Å². The molecule has 0 aliphatic carbocycles. The Bertz CT molecular complexity index is 197. The third-order valence-corrected chi connectivity index (χ3v) is 1.41. The molecule has 0 saturated heterocycles. The first-order chi connectivity index (χ1) is 6.91. The van der Waals surface area contributed by atoms with Crippen molar-refractivity contribution in [2.24, 2.45) is 0 Å². The Hall–Kier alpha value is -0.750. The molecular formula is C9H18N2O3S. The Balaban J connectivity index is 3.53. The third-order valence-electron chi connectivity index (χ3n) is 1.29. The summed E-state index contributed by atoms with van der Waals surface area (Å²) in [7, 11) is 0. The van der Waals surface area contributed by atoms with Gasteiger partial charge in [-0.25, -0.2) is 0 Å². The van der Waals surface area contributed by atoms with Crippen molar-refractivity contribution >= 4 is 24.4 Å². The van der Waals surface area contributed by atoms with Gasteiger partial charge in [-0.05, 0) is 20.8 Å². The monoisotopic (exact) mass is 234 g/mol. The Morgan fingerprint density at radius 2 is 1.60 bits per heavy atom. The molecule has 0 aliphatic heterocycles. The summed E-state index contributed by atoms with van der Waals surface area (Å²) in [6.45, 7) is 5.20. The number of rotatable bonds is 6. The van der Waals surface area contributed by atoms with Crippen LogP contribution in [-0.2, 0) is 14.3 Å². The lowest BCUT2D eigenvalue weighted by Crippen LogP contribution is -2.36. The predicted octanol–water partition coefficient (Wildman–Crippen LogP) is -0.0804. The highest BCUT2D eigenvalue weighted by atomic mass is 32.1. The Kier molecular flexibility index (Phi) is 7.15. The van der Waals surface area contributed by atoms with Crippen LogP contribution in [0.5, 0.6) is 0 Å². The molecule has 6 heteroatoms. The van der Waals surface area contributed by atoms with E-state index in [9.17, 15) is 9.59 Å². The fraction of sp³-hybridized carbons (Fsp3) is 0.778. The van der Waals surface area contributed by atoms with E-state index in [0.717, 1.165) is 0 Å². The summed E-state index contributed by atoms with van der Waals surface area (Å²) in [4.78, 5) is 22.1. The third kappa shape index (κ3) is 9.55. The van der Waals surface area contributed by atoms with Crippen LogP contribution < -0.4 is 10.6 Å². The van der Waals surface area contributed by atoms with Crippen molar-refractivity contribution in [1.82, 2.24) is 10.6 Å². The minimum absolute atomic E-state index is 0.0763. The minimum atomic E-state index is -0.283. The largest absolute Gasteiger partial charge is 0.362 e. The lowest BCUT2D eigenvalue weighted by Gasteiger charge is -2.10. The molecule has 0 aromatic rings. The van der Waals surface area contributed by atoms with Gasteiger partial charge in [0.25, 0.3) is 0 Å². The predicted molar refractivity (Wildman–Crippen MR) is 60.7 cm³/mol. The Labute approximate surface area is 95.4 Å². The SMILES string of the molecule is CC(C)NC(=O)COCC(=O)NC(C)S. The lowest BCUT2D eigenvalue weighted by atomic mass is 10.4. The van der Waals surface area contributed by atoms with Crippen LogP contribution in [0.3, 0.4) is 0 Å². The summed E-state index contributed by atoms with van der Waals surface area (Å²) in [5, 5.41) is 4.96. The summed E-state index contributed by atoms with van der Waals surface area (Å²) in [6.07, 6.45) is 0. The molecule has 88 valence electrons.